The van der Waals surface area contributed by atoms with Gasteiger partial charge in [-0.1, -0.05) is 20.8 Å². The van der Waals surface area contributed by atoms with E-state index in [0.29, 0.717) is 17.6 Å². The van der Waals surface area contributed by atoms with Gasteiger partial charge in [-0.2, -0.15) is 0 Å². The number of hydrogen-bond donors (Lipinski definition) is 1. The number of hydrogen-bond acceptors (Lipinski definition) is 3. The Morgan fingerprint density at radius 2 is 1.71 bits per heavy atom. The van der Waals surface area contributed by atoms with Crippen LogP contribution in [0.3, 0.4) is 0 Å². The molecule has 0 fully saturated rings. The minimum absolute atomic E-state index is 0.0940. The summed E-state index contributed by atoms with van der Waals surface area (Å²) in [5, 5.41) is 3.46. The van der Waals surface area contributed by atoms with Gasteiger partial charge in [-0.05, 0) is 45.6 Å². The second-order valence-corrected chi connectivity index (χ2v) is 8.63. The van der Waals surface area contributed by atoms with Crippen LogP contribution < -0.4 is 5.32 Å². The molecule has 0 rings (SSSR count). The van der Waals surface area contributed by atoms with Crippen LogP contribution in [-0.4, -0.2) is 32.0 Å². The van der Waals surface area contributed by atoms with Crippen molar-refractivity contribution in [3.63, 3.8) is 0 Å². The Balaban J connectivity index is 4.27. The summed E-state index contributed by atoms with van der Waals surface area (Å²) in [6.07, 6.45) is 0.761. The van der Waals surface area contributed by atoms with E-state index in [9.17, 15) is 8.42 Å². The predicted octanol–water partition coefficient (Wildman–Crippen LogP) is 2.47. The molecule has 0 aromatic carbocycles. The molecule has 0 saturated heterocycles. The SMILES string of the molecule is CCS(=O)(=O)CCC(CNC(C)(C)C)C(C)C. The van der Waals surface area contributed by atoms with Gasteiger partial charge in [-0.15, -0.1) is 0 Å². The fourth-order valence-corrected chi connectivity index (χ4v) is 2.53. The number of nitrogens with one attached hydrogen (secondary N) is 1. The molecule has 0 aromatic rings. The van der Waals surface area contributed by atoms with Crippen LogP contribution in [0.25, 0.3) is 0 Å². The van der Waals surface area contributed by atoms with Crippen LogP contribution in [0.5, 0.6) is 0 Å². The molecule has 3 nitrogen and oxygen atoms in total. The average Bonchev–Trinajstić information content (AvgIpc) is 2.15. The second-order valence-electron chi connectivity index (χ2n) is 6.16. The van der Waals surface area contributed by atoms with Gasteiger partial charge in [-0.25, -0.2) is 8.42 Å². The van der Waals surface area contributed by atoms with Crippen molar-refractivity contribution in [2.75, 3.05) is 18.1 Å². The Morgan fingerprint density at radius 3 is 2.06 bits per heavy atom. The van der Waals surface area contributed by atoms with E-state index in [1.54, 1.807) is 6.92 Å². The maximum atomic E-state index is 11.5. The maximum absolute atomic E-state index is 11.5. The Morgan fingerprint density at radius 1 is 1.18 bits per heavy atom. The van der Waals surface area contributed by atoms with Gasteiger partial charge in [-0.3, -0.25) is 0 Å². The van der Waals surface area contributed by atoms with Crippen LogP contribution in [0.15, 0.2) is 0 Å². The van der Waals surface area contributed by atoms with Crippen LogP contribution in [-0.2, 0) is 9.84 Å². The molecule has 0 aliphatic carbocycles. The van der Waals surface area contributed by atoms with Gasteiger partial charge in [0.05, 0.1) is 5.75 Å². The van der Waals surface area contributed by atoms with Crippen molar-refractivity contribution in [3.8, 4) is 0 Å². The van der Waals surface area contributed by atoms with Crippen molar-refractivity contribution < 1.29 is 8.42 Å². The molecule has 0 aromatic heterocycles. The van der Waals surface area contributed by atoms with Crippen LogP contribution >= 0.6 is 0 Å². The molecule has 0 bridgehead atoms. The quantitative estimate of drug-likeness (QED) is 0.767. The van der Waals surface area contributed by atoms with Gasteiger partial charge in [0.25, 0.3) is 0 Å². The topological polar surface area (TPSA) is 46.2 Å². The Labute approximate surface area is 107 Å². The van der Waals surface area contributed by atoms with Crippen LogP contribution in [0.4, 0.5) is 0 Å². The molecular formula is C13H29NO2S. The van der Waals surface area contributed by atoms with Crippen LogP contribution in [0.2, 0.25) is 0 Å². The molecule has 0 aliphatic rings. The highest BCUT2D eigenvalue weighted by Crippen LogP contribution is 2.17. The molecule has 0 saturated carbocycles. The predicted molar refractivity (Wildman–Crippen MR) is 75.0 cm³/mol. The minimum Gasteiger partial charge on any atom is -0.312 e. The van der Waals surface area contributed by atoms with E-state index in [1.807, 2.05) is 0 Å². The highest BCUT2D eigenvalue weighted by molar-refractivity contribution is 7.91. The Hall–Kier alpha value is -0.0900. The van der Waals surface area contributed by atoms with Gasteiger partial charge in [0.1, 0.15) is 9.84 Å². The van der Waals surface area contributed by atoms with Crippen molar-refractivity contribution >= 4 is 9.84 Å². The zero-order chi connectivity index (χ0) is 13.7. The smallest absolute Gasteiger partial charge is 0.150 e. The normalized spacial score (nSPS) is 15.2. The summed E-state index contributed by atoms with van der Waals surface area (Å²) >= 11 is 0. The largest absolute Gasteiger partial charge is 0.312 e. The molecule has 1 atom stereocenters. The van der Waals surface area contributed by atoms with Gasteiger partial charge >= 0.3 is 0 Å². The highest BCUT2D eigenvalue weighted by atomic mass is 32.2. The molecule has 1 unspecified atom stereocenters. The summed E-state index contributed by atoms with van der Waals surface area (Å²) in [5.41, 5.74) is 0.0940. The fraction of sp³-hybridized carbons (Fsp3) is 1.00. The monoisotopic (exact) mass is 263 g/mol. The third-order valence-electron chi connectivity index (χ3n) is 3.08. The number of sulfone groups is 1. The standard InChI is InChI=1S/C13H29NO2S/c1-7-17(15,16)9-8-12(11(2)3)10-14-13(4,5)6/h11-12,14H,7-10H2,1-6H3. The summed E-state index contributed by atoms with van der Waals surface area (Å²) in [4.78, 5) is 0. The average molecular weight is 263 g/mol. The Bertz CT molecular complexity index is 302. The van der Waals surface area contributed by atoms with Crippen LogP contribution in [0, 0.1) is 11.8 Å². The maximum Gasteiger partial charge on any atom is 0.150 e. The lowest BCUT2D eigenvalue weighted by atomic mass is 9.92. The first-order valence-electron chi connectivity index (χ1n) is 6.53. The molecule has 0 heterocycles. The fourth-order valence-electron chi connectivity index (χ4n) is 1.58. The van der Waals surface area contributed by atoms with Gasteiger partial charge < -0.3 is 5.32 Å². The third kappa shape index (κ3) is 8.61. The summed E-state index contributed by atoms with van der Waals surface area (Å²) in [5.74, 6) is 1.51. The lowest BCUT2D eigenvalue weighted by Crippen LogP contribution is -2.40. The lowest BCUT2D eigenvalue weighted by molar-refractivity contribution is 0.307. The summed E-state index contributed by atoms with van der Waals surface area (Å²) in [7, 11) is -2.83. The van der Waals surface area contributed by atoms with E-state index >= 15 is 0 Å². The third-order valence-corrected chi connectivity index (χ3v) is 4.81. The molecule has 1 N–H and O–H groups in total. The van der Waals surface area contributed by atoms with Gasteiger partial charge in [0, 0.05) is 11.3 Å². The van der Waals surface area contributed by atoms with Crippen molar-refractivity contribution in [2.45, 2.75) is 53.5 Å². The molecule has 0 amide bonds. The number of rotatable bonds is 7. The summed E-state index contributed by atoms with van der Waals surface area (Å²) in [6.45, 7) is 13.3. The molecule has 0 spiro atoms. The summed E-state index contributed by atoms with van der Waals surface area (Å²) in [6, 6.07) is 0. The van der Waals surface area contributed by atoms with E-state index in [1.165, 1.54) is 0 Å². The summed E-state index contributed by atoms with van der Waals surface area (Å²) < 4.78 is 23.0. The highest BCUT2D eigenvalue weighted by Gasteiger charge is 2.19. The van der Waals surface area contributed by atoms with E-state index in [0.717, 1.165) is 13.0 Å². The first-order valence-corrected chi connectivity index (χ1v) is 8.35. The molecule has 104 valence electrons. The first-order chi connectivity index (χ1) is 7.57. The molecule has 4 heteroatoms. The van der Waals surface area contributed by atoms with Crippen molar-refractivity contribution in [1.29, 1.82) is 0 Å². The zero-order valence-corrected chi connectivity index (χ0v) is 13.0. The molecular weight excluding hydrogens is 234 g/mol. The van der Waals surface area contributed by atoms with Gasteiger partial charge in [0.2, 0.25) is 0 Å². The zero-order valence-electron chi connectivity index (χ0n) is 12.2. The van der Waals surface area contributed by atoms with Crippen molar-refractivity contribution in [2.24, 2.45) is 11.8 Å². The van der Waals surface area contributed by atoms with E-state index in [4.69, 9.17) is 0 Å². The van der Waals surface area contributed by atoms with Crippen molar-refractivity contribution in [3.05, 3.63) is 0 Å². The van der Waals surface area contributed by atoms with Gasteiger partial charge in [0.15, 0.2) is 0 Å². The minimum atomic E-state index is -2.83. The Kier molecular flexibility index (Phi) is 6.70. The van der Waals surface area contributed by atoms with Crippen LogP contribution in [0.1, 0.15) is 48.0 Å². The second kappa shape index (κ2) is 6.74. The lowest BCUT2D eigenvalue weighted by Gasteiger charge is -2.27. The first kappa shape index (κ1) is 16.9. The van der Waals surface area contributed by atoms with E-state index in [2.05, 4.69) is 39.9 Å². The van der Waals surface area contributed by atoms with E-state index < -0.39 is 9.84 Å². The van der Waals surface area contributed by atoms with Crippen molar-refractivity contribution in [1.82, 2.24) is 5.32 Å². The molecule has 17 heavy (non-hydrogen) atoms. The molecule has 0 aliphatic heterocycles. The van der Waals surface area contributed by atoms with E-state index in [-0.39, 0.29) is 11.3 Å². The molecule has 0 radical (unpaired) electrons.